The number of fused-ring (bicyclic) bond motifs is 1. The van der Waals surface area contributed by atoms with Gasteiger partial charge in [0, 0.05) is 0 Å². The van der Waals surface area contributed by atoms with Crippen LogP contribution in [-0.4, -0.2) is 17.8 Å². The maximum absolute atomic E-state index is 13.0. The lowest BCUT2D eigenvalue weighted by Crippen LogP contribution is -2.31. The molecule has 0 N–H and O–H groups in total. The molecule has 1 saturated heterocycles. The lowest BCUT2D eigenvalue weighted by molar-refractivity contribution is -0.133. The molecule has 5 nitrogen and oxygen atoms in total. The van der Waals surface area contributed by atoms with Crippen molar-refractivity contribution in [2.75, 3.05) is 4.90 Å². The third-order valence-electron chi connectivity index (χ3n) is 5.71. The van der Waals surface area contributed by atoms with Crippen LogP contribution in [0.15, 0.2) is 54.6 Å². The van der Waals surface area contributed by atoms with Gasteiger partial charge in [-0.1, -0.05) is 49.4 Å². The van der Waals surface area contributed by atoms with Gasteiger partial charge in [-0.15, -0.1) is 0 Å². The quantitative estimate of drug-likeness (QED) is 0.462. The van der Waals surface area contributed by atoms with Crippen molar-refractivity contribution in [1.82, 2.24) is 0 Å². The molecule has 1 aliphatic carbocycles. The third-order valence-corrected chi connectivity index (χ3v) is 5.71. The molecular formula is C23H23NO4. The SMILES string of the molecule is C[C@@H]1CC[C@@H]2C(=O)N(c3ccccc3OC(=O)Cc3ccccc3)C(=O)[C@H]2C1. The van der Waals surface area contributed by atoms with Crippen molar-refractivity contribution in [3.63, 3.8) is 0 Å². The summed E-state index contributed by atoms with van der Waals surface area (Å²) in [4.78, 5) is 39.6. The summed E-state index contributed by atoms with van der Waals surface area (Å²) >= 11 is 0. The zero-order valence-electron chi connectivity index (χ0n) is 15.8. The van der Waals surface area contributed by atoms with Gasteiger partial charge in [-0.25, -0.2) is 4.90 Å². The second-order valence-electron chi connectivity index (χ2n) is 7.75. The number of nitrogens with zero attached hydrogens (tertiary/aromatic N) is 1. The van der Waals surface area contributed by atoms with Crippen LogP contribution < -0.4 is 9.64 Å². The fourth-order valence-electron chi connectivity index (χ4n) is 4.28. The standard InChI is InChI=1S/C23H23NO4/c1-15-11-12-17-18(13-15)23(27)24(22(17)26)19-9-5-6-10-20(19)28-21(25)14-16-7-3-2-4-8-16/h2-10,15,17-18H,11-14H2,1H3/t15-,17+,18+/m1/s1. The molecule has 144 valence electrons. The Labute approximate surface area is 164 Å². The van der Waals surface area contributed by atoms with Crippen molar-refractivity contribution < 1.29 is 19.1 Å². The Bertz CT molecular complexity index is 908. The lowest BCUT2D eigenvalue weighted by atomic mass is 9.76. The number of imide groups is 1. The van der Waals surface area contributed by atoms with Crippen LogP contribution in [0.2, 0.25) is 0 Å². The van der Waals surface area contributed by atoms with Crippen LogP contribution in [0, 0.1) is 17.8 Å². The Morgan fingerprint density at radius 1 is 0.964 bits per heavy atom. The highest BCUT2D eigenvalue weighted by Gasteiger charge is 2.50. The summed E-state index contributed by atoms with van der Waals surface area (Å²) in [6.45, 7) is 2.12. The normalized spacial score (nSPS) is 24.2. The Hall–Kier alpha value is -2.95. The molecule has 0 bridgehead atoms. The highest BCUT2D eigenvalue weighted by Crippen LogP contribution is 2.44. The smallest absolute Gasteiger partial charge is 0.315 e. The largest absolute Gasteiger partial charge is 0.424 e. The summed E-state index contributed by atoms with van der Waals surface area (Å²) in [5.74, 6) is -0.597. The number of anilines is 1. The van der Waals surface area contributed by atoms with E-state index < -0.39 is 5.97 Å². The van der Waals surface area contributed by atoms with Crippen molar-refractivity contribution in [3.05, 3.63) is 60.2 Å². The molecule has 0 unspecified atom stereocenters. The highest BCUT2D eigenvalue weighted by atomic mass is 16.5. The number of hydrogen-bond acceptors (Lipinski definition) is 4. The first-order chi connectivity index (χ1) is 13.5. The second kappa shape index (κ2) is 7.58. The van der Waals surface area contributed by atoms with Crippen LogP contribution in [0.25, 0.3) is 0 Å². The van der Waals surface area contributed by atoms with E-state index in [4.69, 9.17) is 4.74 Å². The molecule has 2 amide bonds. The average Bonchev–Trinajstić information content (AvgIpc) is 2.93. The molecule has 1 aliphatic heterocycles. The molecule has 5 heteroatoms. The number of amides is 2. The van der Waals surface area contributed by atoms with Gasteiger partial charge in [-0.2, -0.15) is 0 Å². The molecule has 28 heavy (non-hydrogen) atoms. The first-order valence-electron chi connectivity index (χ1n) is 9.76. The monoisotopic (exact) mass is 377 g/mol. The first kappa shape index (κ1) is 18.4. The molecule has 1 heterocycles. The van der Waals surface area contributed by atoms with E-state index in [1.54, 1.807) is 24.3 Å². The number of carbonyl (C=O) groups excluding carboxylic acids is 3. The molecule has 0 aromatic heterocycles. The molecule has 2 aromatic carbocycles. The van der Waals surface area contributed by atoms with E-state index in [0.29, 0.717) is 11.6 Å². The average molecular weight is 377 g/mol. The van der Waals surface area contributed by atoms with Crippen molar-refractivity contribution >= 4 is 23.5 Å². The van der Waals surface area contributed by atoms with E-state index in [1.165, 1.54) is 4.90 Å². The van der Waals surface area contributed by atoms with Crippen LogP contribution in [0.1, 0.15) is 31.7 Å². The molecule has 1 saturated carbocycles. The van der Waals surface area contributed by atoms with Crippen molar-refractivity contribution in [2.45, 2.75) is 32.6 Å². The second-order valence-corrected chi connectivity index (χ2v) is 7.75. The van der Waals surface area contributed by atoms with Crippen molar-refractivity contribution in [3.8, 4) is 5.75 Å². The predicted molar refractivity (Wildman–Crippen MR) is 105 cm³/mol. The Balaban J connectivity index is 1.57. The van der Waals surface area contributed by atoms with Crippen LogP contribution in [-0.2, 0) is 20.8 Å². The molecule has 0 spiro atoms. The number of hydrogen-bond donors (Lipinski definition) is 0. The van der Waals surface area contributed by atoms with Gasteiger partial charge in [0.2, 0.25) is 11.8 Å². The van der Waals surface area contributed by atoms with E-state index in [0.717, 1.165) is 24.8 Å². The zero-order valence-corrected chi connectivity index (χ0v) is 15.8. The number of rotatable bonds is 4. The van der Waals surface area contributed by atoms with Gasteiger partial charge in [-0.05, 0) is 42.9 Å². The number of para-hydroxylation sites is 2. The van der Waals surface area contributed by atoms with Gasteiger partial charge < -0.3 is 4.74 Å². The number of ether oxygens (including phenoxy) is 1. The zero-order chi connectivity index (χ0) is 19.7. The topological polar surface area (TPSA) is 63.7 Å². The summed E-state index contributed by atoms with van der Waals surface area (Å²) in [7, 11) is 0. The van der Waals surface area contributed by atoms with E-state index >= 15 is 0 Å². The van der Waals surface area contributed by atoms with Gasteiger partial charge in [-0.3, -0.25) is 14.4 Å². The molecule has 2 aromatic rings. The summed E-state index contributed by atoms with van der Waals surface area (Å²) in [6.07, 6.45) is 2.56. The van der Waals surface area contributed by atoms with E-state index in [9.17, 15) is 14.4 Å². The molecular weight excluding hydrogens is 354 g/mol. The number of esters is 1. The molecule has 4 rings (SSSR count). The fourth-order valence-corrected chi connectivity index (χ4v) is 4.28. The minimum absolute atomic E-state index is 0.125. The molecule has 0 radical (unpaired) electrons. The van der Waals surface area contributed by atoms with E-state index in [1.807, 2.05) is 30.3 Å². The van der Waals surface area contributed by atoms with Gasteiger partial charge in [0.25, 0.3) is 0 Å². The Kier molecular flexibility index (Phi) is 4.99. The van der Waals surface area contributed by atoms with E-state index in [-0.39, 0.29) is 35.8 Å². The minimum Gasteiger partial charge on any atom is -0.424 e. The van der Waals surface area contributed by atoms with E-state index in [2.05, 4.69) is 6.92 Å². The van der Waals surface area contributed by atoms with Crippen LogP contribution in [0.3, 0.4) is 0 Å². The summed E-state index contributed by atoms with van der Waals surface area (Å²) in [5.41, 5.74) is 1.21. The first-order valence-corrected chi connectivity index (χ1v) is 9.76. The number of benzene rings is 2. The minimum atomic E-state index is -0.427. The van der Waals surface area contributed by atoms with Crippen molar-refractivity contribution in [1.29, 1.82) is 0 Å². The fraction of sp³-hybridized carbons (Fsp3) is 0.348. The van der Waals surface area contributed by atoms with Crippen LogP contribution in [0.5, 0.6) is 5.75 Å². The third kappa shape index (κ3) is 3.44. The maximum Gasteiger partial charge on any atom is 0.315 e. The molecule has 3 atom stereocenters. The van der Waals surface area contributed by atoms with Gasteiger partial charge >= 0.3 is 5.97 Å². The molecule has 2 fully saturated rings. The van der Waals surface area contributed by atoms with Crippen LogP contribution in [0.4, 0.5) is 5.69 Å². The lowest BCUT2D eigenvalue weighted by Gasteiger charge is -2.25. The summed E-state index contributed by atoms with van der Waals surface area (Å²) in [6, 6.07) is 16.1. The summed E-state index contributed by atoms with van der Waals surface area (Å²) in [5, 5.41) is 0. The highest BCUT2D eigenvalue weighted by molar-refractivity contribution is 6.22. The van der Waals surface area contributed by atoms with Gasteiger partial charge in [0.05, 0.1) is 23.9 Å². The predicted octanol–water partition coefficient (Wildman–Crippen LogP) is 3.76. The van der Waals surface area contributed by atoms with Crippen molar-refractivity contribution in [2.24, 2.45) is 17.8 Å². The maximum atomic E-state index is 13.0. The Morgan fingerprint density at radius 2 is 1.64 bits per heavy atom. The van der Waals surface area contributed by atoms with Crippen LogP contribution >= 0.6 is 0 Å². The molecule has 2 aliphatic rings. The van der Waals surface area contributed by atoms with Gasteiger partial charge in [0.15, 0.2) is 5.75 Å². The Morgan fingerprint density at radius 3 is 2.43 bits per heavy atom. The summed E-state index contributed by atoms with van der Waals surface area (Å²) < 4.78 is 5.55. The number of carbonyl (C=O) groups is 3. The van der Waals surface area contributed by atoms with Gasteiger partial charge in [0.1, 0.15) is 0 Å².